The van der Waals surface area contributed by atoms with Crippen molar-refractivity contribution in [3.63, 3.8) is 0 Å². The van der Waals surface area contributed by atoms with Crippen LogP contribution in [0.3, 0.4) is 0 Å². The fourth-order valence-electron chi connectivity index (χ4n) is 4.87. The molecule has 2 fully saturated rings. The van der Waals surface area contributed by atoms with Crippen molar-refractivity contribution in [2.45, 2.75) is 78.5 Å². The zero-order valence-electron chi connectivity index (χ0n) is 17.5. The normalized spacial score (nSPS) is 32.7. The molecule has 0 bridgehead atoms. The zero-order valence-corrected chi connectivity index (χ0v) is 18.3. The second-order valence-electron chi connectivity index (χ2n) is 10.1. The molecule has 0 radical (unpaired) electrons. The number of ether oxygens (including phenoxy) is 1. The van der Waals surface area contributed by atoms with Crippen LogP contribution in [0.4, 0.5) is 0 Å². The van der Waals surface area contributed by atoms with E-state index < -0.39 is 16.6 Å². The molecule has 1 saturated carbocycles. The van der Waals surface area contributed by atoms with Crippen LogP contribution in [0.1, 0.15) is 72.4 Å². The summed E-state index contributed by atoms with van der Waals surface area (Å²) in [7, 11) is 0. The molecule has 1 saturated heterocycles. The van der Waals surface area contributed by atoms with Crippen molar-refractivity contribution in [2.75, 3.05) is 0 Å². The molecule has 4 atom stereocenters. The largest absolute Gasteiger partial charge is 0.459 e. The van der Waals surface area contributed by atoms with Gasteiger partial charge in [0.15, 0.2) is 0 Å². The number of hydrogen-bond acceptors (Lipinski definition) is 6. The summed E-state index contributed by atoms with van der Waals surface area (Å²) < 4.78 is 5.87. The second kappa shape index (κ2) is 6.66. The third-order valence-corrected chi connectivity index (χ3v) is 6.61. The third kappa shape index (κ3) is 3.58. The van der Waals surface area contributed by atoms with Crippen LogP contribution >= 0.6 is 11.3 Å². The first-order valence-corrected chi connectivity index (χ1v) is 10.7. The maximum Gasteiger partial charge on any atom is 0.327 e. The SMILES string of the molecule is CC(C)C[C@]1(C(=O)OC(C)(C)C)N[C@@H](c2nccs2)[C@H]2C(=O)C(C)(C)CC21. The van der Waals surface area contributed by atoms with Crippen molar-refractivity contribution < 1.29 is 14.3 Å². The van der Waals surface area contributed by atoms with E-state index in [1.54, 1.807) is 6.20 Å². The predicted octanol–water partition coefficient (Wildman–Crippen LogP) is 4.15. The van der Waals surface area contributed by atoms with Gasteiger partial charge in [-0.1, -0.05) is 27.7 Å². The molecule has 2 aliphatic rings. The lowest BCUT2D eigenvalue weighted by molar-refractivity contribution is -0.166. The highest BCUT2D eigenvalue weighted by Gasteiger charge is 2.67. The average molecular weight is 393 g/mol. The minimum absolute atomic E-state index is 0.0776. The summed E-state index contributed by atoms with van der Waals surface area (Å²) in [4.78, 5) is 31.2. The summed E-state index contributed by atoms with van der Waals surface area (Å²) in [6, 6.07) is -0.226. The number of nitrogens with one attached hydrogen (secondary N) is 1. The quantitative estimate of drug-likeness (QED) is 0.780. The van der Waals surface area contributed by atoms with Crippen LogP contribution in [0.15, 0.2) is 11.6 Å². The van der Waals surface area contributed by atoms with Crippen molar-refractivity contribution in [3.8, 4) is 0 Å². The number of fused-ring (bicyclic) bond motifs is 1. The highest BCUT2D eigenvalue weighted by atomic mass is 32.1. The van der Waals surface area contributed by atoms with Gasteiger partial charge in [0.1, 0.15) is 21.9 Å². The van der Waals surface area contributed by atoms with Crippen molar-refractivity contribution >= 4 is 23.1 Å². The molecule has 1 aromatic heterocycles. The van der Waals surface area contributed by atoms with Crippen LogP contribution in [0.25, 0.3) is 0 Å². The number of carbonyl (C=O) groups is 2. The molecule has 1 N–H and O–H groups in total. The lowest BCUT2D eigenvalue weighted by Gasteiger charge is -2.37. The summed E-state index contributed by atoms with van der Waals surface area (Å²) in [5.74, 6) is -0.0271. The molecular formula is C21H32N2O3S. The first-order valence-electron chi connectivity index (χ1n) is 9.82. The van der Waals surface area contributed by atoms with E-state index in [9.17, 15) is 9.59 Å². The van der Waals surface area contributed by atoms with Crippen molar-refractivity contribution in [1.82, 2.24) is 10.3 Å². The summed E-state index contributed by atoms with van der Waals surface area (Å²) in [5.41, 5.74) is -1.86. The van der Waals surface area contributed by atoms with Gasteiger partial charge in [0.2, 0.25) is 0 Å². The Morgan fingerprint density at radius 2 is 2.07 bits per heavy atom. The fourth-order valence-corrected chi connectivity index (χ4v) is 5.61. The van der Waals surface area contributed by atoms with Crippen LogP contribution in [-0.2, 0) is 14.3 Å². The Morgan fingerprint density at radius 3 is 2.59 bits per heavy atom. The van der Waals surface area contributed by atoms with E-state index in [0.717, 1.165) is 5.01 Å². The summed E-state index contributed by atoms with van der Waals surface area (Å²) in [6.07, 6.45) is 3.10. The van der Waals surface area contributed by atoms with Crippen LogP contribution in [0, 0.1) is 23.2 Å². The van der Waals surface area contributed by atoms with Gasteiger partial charge >= 0.3 is 5.97 Å². The van der Waals surface area contributed by atoms with Gasteiger partial charge in [-0.3, -0.25) is 14.9 Å². The Bertz CT molecular complexity index is 720. The van der Waals surface area contributed by atoms with Gasteiger partial charge in [-0.2, -0.15) is 0 Å². The highest BCUT2D eigenvalue weighted by Crippen LogP contribution is 2.57. The smallest absolute Gasteiger partial charge is 0.327 e. The number of hydrogen-bond donors (Lipinski definition) is 1. The topological polar surface area (TPSA) is 68.3 Å². The molecule has 6 heteroatoms. The van der Waals surface area contributed by atoms with Crippen LogP contribution in [-0.4, -0.2) is 27.9 Å². The minimum Gasteiger partial charge on any atom is -0.459 e. The minimum atomic E-state index is -0.855. The third-order valence-electron chi connectivity index (χ3n) is 5.75. The number of aromatic nitrogens is 1. The van der Waals surface area contributed by atoms with Crippen LogP contribution in [0.2, 0.25) is 0 Å². The Labute approximate surface area is 166 Å². The maximum atomic E-state index is 13.5. The molecular weight excluding hydrogens is 360 g/mol. The van der Waals surface area contributed by atoms with E-state index in [2.05, 4.69) is 24.1 Å². The van der Waals surface area contributed by atoms with Gasteiger partial charge < -0.3 is 4.74 Å². The number of esters is 1. The van der Waals surface area contributed by atoms with Gasteiger partial charge in [0, 0.05) is 28.8 Å². The van der Waals surface area contributed by atoms with E-state index in [1.807, 2.05) is 40.0 Å². The number of thiazole rings is 1. The number of carbonyl (C=O) groups excluding carboxylic acids is 2. The van der Waals surface area contributed by atoms with Gasteiger partial charge in [-0.25, -0.2) is 4.98 Å². The van der Waals surface area contributed by atoms with Gasteiger partial charge in [-0.15, -0.1) is 11.3 Å². The molecule has 1 aliphatic heterocycles. The molecule has 27 heavy (non-hydrogen) atoms. The molecule has 5 nitrogen and oxygen atoms in total. The molecule has 0 spiro atoms. The average Bonchev–Trinajstić information content (AvgIpc) is 3.16. The summed E-state index contributed by atoms with van der Waals surface area (Å²) in [5, 5.41) is 6.39. The lowest BCUT2D eigenvalue weighted by atomic mass is 9.75. The zero-order chi connectivity index (χ0) is 20.2. The first-order chi connectivity index (χ1) is 12.4. The highest BCUT2D eigenvalue weighted by molar-refractivity contribution is 7.09. The van der Waals surface area contributed by atoms with E-state index in [0.29, 0.717) is 18.8 Å². The fraction of sp³-hybridized carbons (Fsp3) is 0.762. The number of rotatable bonds is 4. The van der Waals surface area contributed by atoms with E-state index in [-0.39, 0.29) is 29.6 Å². The Hall–Kier alpha value is -1.27. The molecule has 0 aromatic carbocycles. The van der Waals surface area contributed by atoms with Crippen LogP contribution in [0.5, 0.6) is 0 Å². The number of Topliss-reactive ketones (excluding diaryl/α,β-unsaturated/α-hetero) is 1. The number of ketones is 1. The Balaban J connectivity index is 2.09. The van der Waals surface area contributed by atoms with E-state index in [1.165, 1.54) is 11.3 Å². The first kappa shape index (κ1) is 20.5. The molecule has 3 rings (SSSR count). The second-order valence-corrected chi connectivity index (χ2v) is 11.1. The van der Waals surface area contributed by atoms with Crippen molar-refractivity contribution in [1.29, 1.82) is 0 Å². The summed E-state index contributed by atoms with van der Waals surface area (Å²) >= 11 is 1.54. The van der Waals surface area contributed by atoms with Crippen molar-refractivity contribution in [3.05, 3.63) is 16.6 Å². The summed E-state index contributed by atoms with van der Waals surface area (Å²) in [6.45, 7) is 13.9. The molecule has 2 heterocycles. The molecule has 1 unspecified atom stereocenters. The monoisotopic (exact) mass is 392 g/mol. The van der Waals surface area contributed by atoms with E-state index >= 15 is 0 Å². The number of nitrogens with zero attached hydrogens (tertiary/aromatic N) is 1. The van der Waals surface area contributed by atoms with Gasteiger partial charge in [0.05, 0.1) is 6.04 Å². The molecule has 1 aliphatic carbocycles. The van der Waals surface area contributed by atoms with E-state index in [4.69, 9.17) is 4.74 Å². The van der Waals surface area contributed by atoms with Gasteiger partial charge in [-0.05, 0) is 39.5 Å². The Morgan fingerprint density at radius 1 is 1.41 bits per heavy atom. The molecule has 150 valence electrons. The molecule has 0 amide bonds. The lowest BCUT2D eigenvalue weighted by Crippen LogP contribution is -2.56. The Kier molecular flexibility index (Phi) is 5.05. The molecule has 1 aromatic rings. The standard InChI is InChI=1S/C21H32N2O3S/c1-12(2)10-21(18(25)26-19(3,4)5)13-11-20(6,7)16(24)14(13)15(23-21)17-22-8-9-27-17/h8-9,12-15,23H,10-11H2,1-7H3/t13?,14-,15+,21-/m0/s1. The van der Waals surface area contributed by atoms with Crippen molar-refractivity contribution in [2.24, 2.45) is 23.2 Å². The maximum absolute atomic E-state index is 13.5. The van der Waals surface area contributed by atoms with Gasteiger partial charge in [0.25, 0.3) is 0 Å². The van der Waals surface area contributed by atoms with Crippen LogP contribution < -0.4 is 5.32 Å². The predicted molar refractivity (Wildman–Crippen MR) is 106 cm³/mol.